The first-order valence-electron chi connectivity index (χ1n) is 2.85. The SMILES string of the molecule is CC(=S)NN[C@@H](C)C(N)=O. The van der Waals surface area contributed by atoms with Gasteiger partial charge in [-0.15, -0.1) is 0 Å². The largest absolute Gasteiger partial charge is 0.368 e. The maximum atomic E-state index is 10.4. The number of nitrogens with two attached hydrogens (primary N) is 1. The third-order valence-corrected chi connectivity index (χ3v) is 0.994. The third-order valence-electron chi connectivity index (χ3n) is 0.891. The summed E-state index contributed by atoms with van der Waals surface area (Å²) in [5, 5.41) is 0. The summed E-state index contributed by atoms with van der Waals surface area (Å²) in [5.74, 6) is -0.413. The van der Waals surface area contributed by atoms with Gasteiger partial charge in [0.25, 0.3) is 0 Å². The minimum atomic E-state index is -0.413. The molecule has 0 aromatic carbocycles. The van der Waals surface area contributed by atoms with E-state index in [-0.39, 0.29) is 0 Å². The van der Waals surface area contributed by atoms with E-state index in [1.807, 2.05) is 0 Å². The normalized spacial score (nSPS) is 12.2. The Hall–Kier alpha value is -0.680. The summed E-state index contributed by atoms with van der Waals surface area (Å²) in [6.45, 7) is 3.35. The zero-order valence-electron chi connectivity index (χ0n) is 5.97. The fourth-order valence-corrected chi connectivity index (χ4v) is 0.340. The number of nitrogens with one attached hydrogen (secondary N) is 2. The first kappa shape index (κ1) is 9.32. The molecule has 0 saturated heterocycles. The highest BCUT2D eigenvalue weighted by atomic mass is 32.1. The van der Waals surface area contributed by atoms with Crippen molar-refractivity contribution in [2.45, 2.75) is 19.9 Å². The first-order chi connectivity index (χ1) is 4.54. The molecule has 0 spiro atoms. The van der Waals surface area contributed by atoms with Gasteiger partial charge in [0.15, 0.2) is 0 Å². The molecule has 0 aliphatic carbocycles. The van der Waals surface area contributed by atoms with Crippen LogP contribution in [0.4, 0.5) is 0 Å². The highest BCUT2D eigenvalue weighted by molar-refractivity contribution is 7.80. The summed E-state index contributed by atoms with van der Waals surface area (Å²) >= 11 is 4.67. The highest BCUT2D eigenvalue weighted by Crippen LogP contribution is 1.74. The number of hydrazine groups is 1. The molecular weight excluding hydrogens is 150 g/mol. The molecule has 58 valence electrons. The molecule has 1 amide bonds. The number of rotatable bonds is 3. The number of hydrogen-bond donors (Lipinski definition) is 3. The van der Waals surface area contributed by atoms with Gasteiger partial charge in [-0.3, -0.25) is 4.79 Å². The molecule has 0 heterocycles. The quantitative estimate of drug-likeness (QED) is 0.378. The van der Waals surface area contributed by atoms with Crippen LogP contribution in [0.2, 0.25) is 0 Å². The van der Waals surface area contributed by atoms with Crippen LogP contribution >= 0.6 is 12.2 Å². The van der Waals surface area contributed by atoms with Crippen LogP contribution in [-0.4, -0.2) is 16.9 Å². The van der Waals surface area contributed by atoms with Crippen LogP contribution in [0.15, 0.2) is 0 Å². The molecule has 4 nitrogen and oxygen atoms in total. The fraction of sp³-hybridized carbons (Fsp3) is 0.600. The maximum absolute atomic E-state index is 10.4. The molecule has 0 aliphatic rings. The van der Waals surface area contributed by atoms with Crippen molar-refractivity contribution in [1.29, 1.82) is 0 Å². The predicted molar refractivity (Wildman–Crippen MR) is 43.2 cm³/mol. The smallest absolute Gasteiger partial charge is 0.236 e. The molecule has 0 bridgehead atoms. The lowest BCUT2D eigenvalue weighted by molar-refractivity contribution is -0.119. The Morgan fingerprint density at radius 1 is 1.70 bits per heavy atom. The second kappa shape index (κ2) is 4.19. The lowest BCUT2D eigenvalue weighted by atomic mass is 10.3. The molecule has 1 atom stereocenters. The summed E-state index contributed by atoms with van der Waals surface area (Å²) in [7, 11) is 0. The standard InChI is InChI=1S/C5H11N3OS/c1-3(5(6)9)7-8-4(2)10/h3,7H,1-2H3,(H2,6,9)(H,8,10)/t3-/m0/s1. The number of carbonyl (C=O) groups excluding carboxylic acids is 1. The van der Waals surface area contributed by atoms with Crippen molar-refractivity contribution in [3.8, 4) is 0 Å². The second-order valence-corrected chi connectivity index (χ2v) is 2.56. The Morgan fingerprint density at radius 3 is 2.50 bits per heavy atom. The molecule has 0 aromatic rings. The van der Waals surface area contributed by atoms with Crippen LogP contribution in [0.1, 0.15) is 13.8 Å². The van der Waals surface area contributed by atoms with Crippen LogP contribution in [-0.2, 0) is 4.79 Å². The summed E-state index contributed by atoms with van der Waals surface area (Å²) in [6, 6.07) is -0.405. The van der Waals surface area contributed by atoms with E-state index in [1.54, 1.807) is 13.8 Å². The minimum Gasteiger partial charge on any atom is -0.368 e. The van der Waals surface area contributed by atoms with E-state index in [0.717, 1.165) is 0 Å². The Balaban J connectivity index is 3.49. The monoisotopic (exact) mass is 161 g/mol. The molecule has 0 aromatic heterocycles. The summed E-state index contributed by atoms with van der Waals surface area (Å²) in [6.07, 6.45) is 0. The van der Waals surface area contributed by atoms with Gasteiger partial charge < -0.3 is 11.2 Å². The van der Waals surface area contributed by atoms with Crippen molar-refractivity contribution in [1.82, 2.24) is 10.9 Å². The van der Waals surface area contributed by atoms with E-state index in [9.17, 15) is 4.79 Å². The van der Waals surface area contributed by atoms with Gasteiger partial charge in [0.05, 0.1) is 4.99 Å². The zero-order valence-corrected chi connectivity index (χ0v) is 6.79. The molecule has 0 aliphatic heterocycles. The lowest BCUT2D eigenvalue weighted by Crippen LogP contribution is -2.47. The van der Waals surface area contributed by atoms with Gasteiger partial charge in [0, 0.05) is 0 Å². The fourth-order valence-electron chi connectivity index (χ4n) is 0.281. The van der Waals surface area contributed by atoms with Crippen LogP contribution in [0.5, 0.6) is 0 Å². The Kier molecular flexibility index (Phi) is 3.90. The van der Waals surface area contributed by atoms with E-state index < -0.39 is 11.9 Å². The van der Waals surface area contributed by atoms with Crippen molar-refractivity contribution in [2.75, 3.05) is 0 Å². The maximum Gasteiger partial charge on any atom is 0.236 e. The topological polar surface area (TPSA) is 67.2 Å². The molecule has 4 N–H and O–H groups in total. The van der Waals surface area contributed by atoms with Crippen LogP contribution in [0.25, 0.3) is 0 Å². The third kappa shape index (κ3) is 4.22. The first-order valence-corrected chi connectivity index (χ1v) is 3.26. The Labute approximate surface area is 65.1 Å². The number of thiocarbonyl (C=S) groups is 1. The minimum absolute atomic E-state index is 0.405. The van der Waals surface area contributed by atoms with Gasteiger partial charge in [-0.1, -0.05) is 12.2 Å². The predicted octanol–water partition coefficient (Wildman–Crippen LogP) is -0.698. The molecular formula is C5H11N3OS. The lowest BCUT2D eigenvalue weighted by Gasteiger charge is -2.10. The van der Waals surface area contributed by atoms with E-state index in [0.29, 0.717) is 4.99 Å². The summed E-state index contributed by atoms with van der Waals surface area (Å²) in [5.41, 5.74) is 10.2. The average Bonchev–Trinajstić information content (AvgIpc) is 1.82. The Bertz CT molecular complexity index is 148. The van der Waals surface area contributed by atoms with Gasteiger partial charge in [-0.25, -0.2) is 5.43 Å². The van der Waals surface area contributed by atoms with Gasteiger partial charge in [-0.05, 0) is 13.8 Å². The molecule has 10 heavy (non-hydrogen) atoms. The molecule has 0 rings (SSSR count). The van der Waals surface area contributed by atoms with Crippen molar-refractivity contribution >= 4 is 23.1 Å². The van der Waals surface area contributed by atoms with Crippen LogP contribution in [0, 0.1) is 0 Å². The van der Waals surface area contributed by atoms with Crippen molar-refractivity contribution in [2.24, 2.45) is 5.73 Å². The van der Waals surface area contributed by atoms with Gasteiger partial charge >= 0.3 is 0 Å². The van der Waals surface area contributed by atoms with Crippen molar-refractivity contribution < 1.29 is 4.79 Å². The molecule has 0 saturated carbocycles. The van der Waals surface area contributed by atoms with E-state index in [2.05, 4.69) is 23.1 Å². The number of primary amides is 1. The zero-order chi connectivity index (χ0) is 8.15. The highest BCUT2D eigenvalue weighted by Gasteiger charge is 2.05. The van der Waals surface area contributed by atoms with Crippen LogP contribution in [0.3, 0.4) is 0 Å². The summed E-state index contributed by atoms with van der Waals surface area (Å²) in [4.78, 5) is 11.0. The molecule has 0 fully saturated rings. The molecule has 0 unspecified atom stereocenters. The van der Waals surface area contributed by atoms with E-state index in [4.69, 9.17) is 5.73 Å². The van der Waals surface area contributed by atoms with E-state index in [1.165, 1.54) is 0 Å². The number of amides is 1. The van der Waals surface area contributed by atoms with Crippen molar-refractivity contribution in [3.63, 3.8) is 0 Å². The van der Waals surface area contributed by atoms with Gasteiger partial charge in [0.2, 0.25) is 5.91 Å². The van der Waals surface area contributed by atoms with Crippen LogP contribution < -0.4 is 16.6 Å². The van der Waals surface area contributed by atoms with Gasteiger partial charge in [-0.2, -0.15) is 0 Å². The van der Waals surface area contributed by atoms with E-state index >= 15 is 0 Å². The Morgan fingerprint density at radius 2 is 2.20 bits per heavy atom. The molecule has 5 heteroatoms. The summed E-state index contributed by atoms with van der Waals surface area (Å²) < 4.78 is 0. The van der Waals surface area contributed by atoms with Gasteiger partial charge in [0.1, 0.15) is 6.04 Å². The average molecular weight is 161 g/mol. The number of hydrogen-bond acceptors (Lipinski definition) is 3. The van der Waals surface area contributed by atoms with Crippen molar-refractivity contribution in [3.05, 3.63) is 0 Å². The molecule has 0 radical (unpaired) electrons. The number of carbonyl (C=O) groups is 1. The second-order valence-electron chi connectivity index (χ2n) is 1.95.